The van der Waals surface area contributed by atoms with Crippen LogP contribution in [0.4, 0.5) is 4.39 Å². The summed E-state index contributed by atoms with van der Waals surface area (Å²) in [6, 6.07) is 3.33. The monoisotopic (exact) mass is 357 g/mol. The van der Waals surface area contributed by atoms with Crippen molar-refractivity contribution in [2.75, 3.05) is 12.8 Å². The molecule has 102 valence electrons. The summed E-state index contributed by atoms with van der Waals surface area (Å²) in [6.45, 7) is 1.74. The van der Waals surface area contributed by atoms with Crippen LogP contribution in [-0.2, 0) is 20.8 Å². The fraction of sp³-hybridized carbons (Fsp3) is 0.400. The first-order valence-corrected chi connectivity index (χ1v) is 8.90. The Hall–Kier alpha value is -0.310. The van der Waals surface area contributed by atoms with Crippen molar-refractivity contribution in [3.8, 4) is 0 Å². The van der Waals surface area contributed by atoms with Gasteiger partial charge in [0.15, 0.2) is 0 Å². The van der Waals surface area contributed by atoms with Crippen molar-refractivity contribution in [2.45, 2.75) is 17.1 Å². The van der Waals surface area contributed by atoms with Crippen LogP contribution in [0.1, 0.15) is 6.92 Å². The van der Waals surface area contributed by atoms with Crippen molar-refractivity contribution in [1.29, 1.82) is 0 Å². The molecular weight excluding hydrogens is 345 g/mol. The molecule has 1 N–H and O–H groups in total. The summed E-state index contributed by atoms with van der Waals surface area (Å²) in [5.41, 5.74) is 0. The van der Waals surface area contributed by atoms with E-state index in [1.54, 1.807) is 6.92 Å². The number of hydrogen-bond donors (Lipinski definition) is 1. The van der Waals surface area contributed by atoms with Crippen LogP contribution in [0, 0.1) is 5.82 Å². The second kappa shape index (κ2) is 6.23. The van der Waals surface area contributed by atoms with Gasteiger partial charge in [0.05, 0.1) is 4.90 Å². The highest BCUT2D eigenvalue weighted by atomic mass is 79.9. The van der Waals surface area contributed by atoms with Crippen LogP contribution >= 0.6 is 15.9 Å². The molecule has 1 aromatic carbocycles. The molecule has 0 saturated carbocycles. The number of benzene rings is 1. The van der Waals surface area contributed by atoms with Crippen LogP contribution in [-0.4, -0.2) is 30.7 Å². The molecule has 4 nitrogen and oxygen atoms in total. The maximum absolute atomic E-state index is 12.9. The Kier molecular flexibility index (Phi) is 5.45. The Labute approximate surface area is 117 Å². The highest BCUT2D eigenvalue weighted by Crippen LogP contribution is 2.22. The smallest absolute Gasteiger partial charge is 0.241 e. The Morgan fingerprint density at radius 2 is 2.11 bits per heavy atom. The molecule has 0 spiro atoms. The van der Waals surface area contributed by atoms with Gasteiger partial charge in [-0.2, -0.15) is 0 Å². The van der Waals surface area contributed by atoms with Crippen LogP contribution in [0.3, 0.4) is 0 Å². The van der Waals surface area contributed by atoms with Gasteiger partial charge in [0, 0.05) is 33.3 Å². The van der Waals surface area contributed by atoms with Crippen LogP contribution in [0.15, 0.2) is 27.6 Å². The highest BCUT2D eigenvalue weighted by Gasteiger charge is 2.19. The Morgan fingerprint density at radius 1 is 1.50 bits per heavy atom. The zero-order valence-corrected chi connectivity index (χ0v) is 13.0. The van der Waals surface area contributed by atoms with Crippen molar-refractivity contribution in [2.24, 2.45) is 0 Å². The summed E-state index contributed by atoms with van der Waals surface area (Å²) < 4.78 is 50.4. The largest absolute Gasteiger partial charge is 0.260 e. The molecule has 0 aromatic heterocycles. The number of nitrogens with one attached hydrogen (secondary N) is 1. The van der Waals surface area contributed by atoms with Crippen molar-refractivity contribution >= 4 is 36.8 Å². The van der Waals surface area contributed by atoms with Gasteiger partial charge in [-0.3, -0.25) is 4.21 Å². The SMILES string of the molecule is CC(CNS(=O)(=O)c1ccc(F)cc1Br)S(C)=O. The molecule has 0 radical (unpaired) electrons. The summed E-state index contributed by atoms with van der Waals surface area (Å²) >= 11 is 3.00. The first kappa shape index (κ1) is 15.7. The average molecular weight is 358 g/mol. The van der Waals surface area contributed by atoms with Gasteiger partial charge in [0.1, 0.15) is 5.82 Å². The second-order valence-electron chi connectivity index (χ2n) is 3.74. The summed E-state index contributed by atoms with van der Waals surface area (Å²) in [6.07, 6.45) is 1.51. The zero-order valence-electron chi connectivity index (χ0n) is 9.81. The van der Waals surface area contributed by atoms with Gasteiger partial charge in [0.2, 0.25) is 10.0 Å². The minimum atomic E-state index is -3.73. The molecule has 0 heterocycles. The maximum Gasteiger partial charge on any atom is 0.241 e. The van der Waals surface area contributed by atoms with Gasteiger partial charge >= 0.3 is 0 Å². The molecule has 2 atom stereocenters. The van der Waals surface area contributed by atoms with Gasteiger partial charge in [-0.05, 0) is 41.1 Å². The second-order valence-corrected chi connectivity index (χ2v) is 8.13. The summed E-state index contributed by atoms with van der Waals surface area (Å²) in [5.74, 6) is -0.524. The van der Waals surface area contributed by atoms with E-state index in [-0.39, 0.29) is 21.2 Å². The van der Waals surface area contributed by atoms with Crippen LogP contribution in [0.5, 0.6) is 0 Å². The molecule has 8 heteroatoms. The highest BCUT2D eigenvalue weighted by molar-refractivity contribution is 9.10. The predicted octanol–water partition coefficient (Wildman–Crippen LogP) is 1.63. The van der Waals surface area contributed by atoms with Crippen molar-refractivity contribution in [1.82, 2.24) is 4.72 Å². The van der Waals surface area contributed by atoms with E-state index in [1.165, 1.54) is 12.3 Å². The van der Waals surface area contributed by atoms with Gasteiger partial charge in [-0.25, -0.2) is 17.5 Å². The van der Waals surface area contributed by atoms with Crippen LogP contribution in [0.2, 0.25) is 0 Å². The van der Waals surface area contributed by atoms with Crippen LogP contribution < -0.4 is 4.72 Å². The van der Waals surface area contributed by atoms with E-state index in [9.17, 15) is 17.0 Å². The molecular formula is C10H13BrFNO3S2. The maximum atomic E-state index is 12.9. The molecule has 1 aromatic rings. The topological polar surface area (TPSA) is 63.2 Å². The van der Waals surface area contributed by atoms with Crippen LogP contribution in [0.25, 0.3) is 0 Å². The molecule has 1 rings (SSSR count). The third-order valence-corrected chi connectivity index (χ3v) is 6.01. The first-order chi connectivity index (χ1) is 8.24. The Balaban J connectivity index is 2.90. The van der Waals surface area contributed by atoms with E-state index in [4.69, 9.17) is 0 Å². The predicted molar refractivity (Wildman–Crippen MR) is 72.8 cm³/mol. The Morgan fingerprint density at radius 3 is 2.61 bits per heavy atom. The summed E-state index contributed by atoms with van der Waals surface area (Å²) in [7, 11) is -4.84. The number of rotatable bonds is 5. The van der Waals surface area contributed by atoms with Crippen molar-refractivity contribution in [3.05, 3.63) is 28.5 Å². The fourth-order valence-corrected chi connectivity index (χ4v) is 3.72. The molecule has 0 fully saturated rings. The number of hydrogen-bond acceptors (Lipinski definition) is 3. The lowest BCUT2D eigenvalue weighted by molar-refractivity contribution is 0.579. The zero-order chi connectivity index (χ0) is 13.9. The van der Waals surface area contributed by atoms with E-state index < -0.39 is 26.6 Å². The molecule has 0 bridgehead atoms. The third kappa shape index (κ3) is 4.11. The minimum Gasteiger partial charge on any atom is -0.260 e. The van der Waals surface area contributed by atoms with Gasteiger partial charge in [-0.1, -0.05) is 0 Å². The molecule has 18 heavy (non-hydrogen) atoms. The van der Waals surface area contributed by atoms with E-state index in [0.717, 1.165) is 12.1 Å². The third-order valence-electron chi connectivity index (χ3n) is 2.31. The average Bonchev–Trinajstić information content (AvgIpc) is 2.25. The Bertz CT molecular complexity index is 562. The first-order valence-electron chi connectivity index (χ1n) is 5.01. The van der Waals surface area contributed by atoms with E-state index in [0.29, 0.717) is 0 Å². The molecule has 0 aliphatic carbocycles. The lowest BCUT2D eigenvalue weighted by atomic mass is 10.3. The molecule has 0 aliphatic heterocycles. The molecule has 0 amide bonds. The lowest BCUT2D eigenvalue weighted by Crippen LogP contribution is -2.32. The number of sulfonamides is 1. The fourth-order valence-electron chi connectivity index (χ4n) is 1.12. The quantitative estimate of drug-likeness (QED) is 0.870. The van der Waals surface area contributed by atoms with E-state index >= 15 is 0 Å². The summed E-state index contributed by atoms with van der Waals surface area (Å²) in [5, 5.41) is -0.293. The molecule has 0 saturated heterocycles. The van der Waals surface area contributed by atoms with Gasteiger partial charge in [0.25, 0.3) is 0 Å². The lowest BCUT2D eigenvalue weighted by Gasteiger charge is -2.11. The van der Waals surface area contributed by atoms with E-state index in [1.807, 2.05) is 0 Å². The standard InChI is InChI=1S/C10H13BrFNO3S2/c1-7(17(2)14)6-13-18(15,16)10-4-3-8(12)5-9(10)11/h3-5,7,13H,6H2,1-2H3. The van der Waals surface area contributed by atoms with Gasteiger partial charge < -0.3 is 0 Å². The minimum absolute atomic E-state index is 0.0435. The molecule has 0 aliphatic rings. The number of halogens is 2. The van der Waals surface area contributed by atoms with Gasteiger partial charge in [-0.15, -0.1) is 0 Å². The van der Waals surface area contributed by atoms with Crippen molar-refractivity contribution < 1.29 is 17.0 Å². The van der Waals surface area contributed by atoms with E-state index in [2.05, 4.69) is 20.7 Å². The van der Waals surface area contributed by atoms with Crippen molar-refractivity contribution in [3.63, 3.8) is 0 Å². The normalized spacial score (nSPS) is 15.3. The summed E-state index contributed by atoms with van der Waals surface area (Å²) in [4.78, 5) is -0.0435. The molecule has 2 unspecified atom stereocenters.